The van der Waals surface area contributed by atoms with E-state index in [1.54, 1.807) is 26.2 Å². The topological polar surface area (TPSA) is 119 Å². The van der Waals surface area contributed by atoms with Gasteiger partial charge in [0.15, 0.2) is 11.5 Å². The first-order valence-electron chi connectivity index (χ1n) is 11.6. The summed E-state index contributed by atoms with van der Waals surface area (Å²) < 4.78 is 11.5. The molecule has 0 unspecified atom stereocenters. The van der Waals surface area contributed by atoms with Crippen LogP contribution in [0, 0.1) is 0 Å². The number of nitrogens with two attached hydrogens (primary N) is 1. The van der Waals surface area contributed by atoms with E-state index in [0.29, 0.717) is 40.7 Å². The average molecular weight is 465 g/mol. The van der Waals surface area contributed by atoms with E-state index in [0.717, 1.165) is 30.5 Å². The van der Waals surface area contributed by atoms with Crippen molar-refractivity contribution in [3.05, 3.63) is 53.7 Å². The number of primary amides is 1. The number of amides is 1. The molecule has 3 aromatic rings. The normalized spacial score (nSPS) is 15.1. The Kier molecular flexibility index (Phi) is 6.90. The van der Waals surface area contributed by atoms with Crippen molar-refractivity contribution in [2.75, 3.05) is 25.6 Å². The lowest BCUT2D eigenvalue weighted by Gasteiger charge is -2.25. The number of methoxy groups -OCH3 is 1. The molecule has 1 atom stereocenters. The van der Waals surface area contributed by atoms with Crippen molar-refractivity contribution in [1.82, 2.24) is 10.3 Å². The summed E-state index contributed by atoms with van der Waals surface area (Å²) in [4.78, 5) is 16.7. The van der Waals surface area contributed by atoms with Crippen LogP contribution in [0.5, 0.6) is 11.5 Å². The highest BCUT2D eigenvalue weighted by molar-refractivity contribution is 6.08. The Hall–Kier alpha value is -3.36. The first-order valence-corrected chi connectivity index (χ1v) is 11.6. The summed E-state index contributed by atoms with van der Waals surface area (Å²) in [6, 6.07) is 11.9. The minimum atomic E-state index is -1.06. The van der Waals surface area contributed by atoms with Gasteiger partial charge in [0.25, 0.3) is 5.91 Å². The smallest absolute Gasteiger partial charge is 0.252 e. The molecule has 8 heteroatoms. The largest absolute Gasteiger partial charge is 0.493 e. The van der Waals surface area contributed by atoms with Crippen molar-refractivity contribution in [3.8, 4) is 11.5 Å². The lowest BCUT2D eigenvalue weighted by atomic mass is 10.1. The summed E-state index contributed by atoms with van der Waals surface area (Å²) in [5, 5.41) is 18.1. The van der Waals surface area contributed by atoms with Crippen molar-refractivity contribution in [1.29, 1.82) is 0 Å². The molecule has 0 spiro atoms. The lowest BCUT2D eigenvalue weighted by Crippen LogP contribution is -2.43. The zero-order chi connectivity index (χ0) is 24.3. The van der Waals surface area contributed by atoms with E-state index >= 15 is 0 Å². The van der Waals surface area contributed by atoms with Crippen LogP contribution in [0.15, 0.2) is 42.6 Å². The molecule has 0 bridgehead atoms. The van der Waals surface area contributed by atoms with Gasteiger partial charge in [-0.25, -0.2) is 0 Å². The number of benzene rings is 2. The van der Waals surface area contributed by atoms with Crippen molar-refractivity contribution in [2.45, 2.75) is 44.8 Å². The van der Waals surface area contributed by atoms with Crippen molar-refractivity contribution in [2.24, 2.45) is 5.73 Å². The maximum absolute atomic E-state index is 12.3. The minimum Gasteiger partial charge on any atom is -0.493 e. The molecule has 0 aliphatic heterocycles. The zero-order valence-electron chi connectivity index (χ0n) is 19.9. The van der Waals surface area contributed by atoms with E-state index in [4.69, 9.17) is 15.2 Å². The molecule has 0 saturated heterocycles. The second kappa shape index (κ2) is 9.87. The van der Waals surface area contributed by atoms with Gasteiger partial charge in [0, 0.05) is 35.9 Å². The lowest BCUT2D eigenvalue weighted by molar-refractivity contribution is 0.0113. The van der Waals surface area contributed by atoms with Gasteiger partial charge in [-0.2, -0.15) is 0 Å². The molecule has 4 rings (SSSR count). The predicted molar refractivity (Wildman–Crippen MR) is 133 cm³/mol. The van der Waals surface area contributed by atoms with E-state index < -0.39 is 11.5 Å². The summed E-state index contributed by atoms with van der Waals surface area (Å²) in [5.74, 6) is 0.341. The average Bonchev–Trinajstić information content (AvgIpc) is 3.66. The number of aryl methyl sites for hydroxylation is 1. The number of fused-ring (bicyclic) bond motifs is 1. The number of carbonyl (C=O) groups excluding carboxylic acids is 1. The van der Waals surface area contributed by atoms with Gasteiger partial charge in [0.2, 0.25) is 0 Å². The number of rotatable bonds is 11. The number of aliphatic hydroxyl groups is 1. The summed E-state index contributed by atoms with van der Waals surface area (Å²) in [6.07, 6.45) is 4.57. The first-order chi connectivity index (χ1) is 16.3. The molecular weight excluding hydrogens is 432 g/mol. The van der Waals surface area contributed by atoms with Crippen LogP contribution >= 0.6 is 0 Å². The third-order valence-electron chi connectivity index (χ3n) is 5.96. The molecule has 1 aliphatic rings. The number of para-hydroxylation sites is 1. The van der Waals surface area contributed by atoms with Crippen LogP contribution in [0.25, 0.3) is 10.9 Å². The summed E-state index contributed by atoms with van der Waals surface area (Å²) in [6.45, 7) is 4.30. The highest BCUT2D eigenvalue weighted by Crippen LogP contribution is 2.38. The number of anilines is 2. The molecule has 180 valence electrons. The number of carbonyl (C=O) groups is 1. The van der Waals surface area contributed by atoms with Crippen LogP contribution in [-0.2, 0) is 6.42 Å². The fraction of sp³-hybridized carbons (Fsp3) is 0.385. The number of hydrogen-bond donors (Lipinski definition) is 4. The van der Waals surface area contributed by atoms with Crippen LogP contribution in [0.1, 0.15) is 42.6 Å². The first kappa shape index (κ1) is 23.8. The third kappa shape index (κ3) is 5.40. The summed E-state index contributed by atoms with van der Waals surface area (Å²) in [5.41, 5.74) is 8.06. The number of nitrogens with one attached hydrogen (secondary N) is 2. The Bertz CT molecular complexity index is 1190. The Morgan fingerprint density at radius 3 is 2.71 bits per heavy atom. The standard InChI is InChI=1S/C26H32N4O4/c1-4-16-7-5-6-8-20(16)30-24-18-11-23(34-15-26(2,32)14-29-17-9-10-17)22(33-3)12-21(18)28-13-19(24)25(27)31/h5-8,11-13,17,29,32H,4,9-10,14-15H2,1-3H3,(H2,27,31)(H,28,30)/t26-/m0/s1. The van der Waals surface area contributed by atoms with Gasteiger partial charge in [0.05, 0.1) is 23.9 Å². The number of hydrogen-bond acceptors (Lipinski definition) is 7. The molecule has 8 nitrogen and oxygen atoms in total. The molecule has 34 heavy (non-hydrogen) atoms. The molecule has 1 amide bonds. The maximum Gasteiger partial charge on any atom is 0.252 e. The fourth-order valence-electron chi connectivity index (χ4n) is 3.81. The van der Waals surface area contributed by atoms with Crippen molar-refractivity contribution >= 4 is 28.2 Å². The Balaban J connectivity index is 1.72. The van der Waals surface area contributed by atoms with E-state index in [9.17, 15) is 9.90 Å². The molecule has 0 radical (unpaired) electrons. The van der Waals surface area contributed by atoms with Gasteiger partial charge in [-0.15, -0.1) is 0 Å². The van der Waals surface area contributed by atoms with Crippen molar-refractivity contribution < 1.29 is 19.4 Å². The van der Waals surface area contributed by atoms with Gasteiger partial charge in [-0.1, -0.05) is 25.1 Å². The van der Waals surface area contributed by atoms with Crippen LogP contribution in [0.3, 0.4) is 0 Å². The van der Waals surface area contributed by atoms with Gasteiger partial charge in [-0.05, 0) is 43.9 Å². The number of ether oxygens (including phenoxy) is 2. The van der Waals surface area contributed by atoms with Crippen LogP contribution in [0.4, 0.5) is 11.4 Å². The zero-order valence-corrected chi connectivity index (χ0v) is 19.9. The highest BCUT2D eigenvalue weighted by Gasteiger charge is 2.28. The Morgan fingerprint density at radius 2 is 2.03 bits per heavy atom. The molecule has 1 saturated carbocycles. The molecular formula is C26H32N4O4. The molecule has 5 N–H and O–H groups in total. The fourth-order valence-corrected chi connectivity index (χ4v) is 3.81. The Morgan fingerprint density at radius 1 is 1.26 bits per heavy atom. The van der Waals surface area contributed by atoms with Crippen LogP contribution in [-0.4, -0.2) is 47.9 Å². The van der Waals surface area contributed by atoms with Crippen LogP contribution in [0.2, 0.25) is 0 Å². The quantitative estimate of drug-likeness (QED) is 0.343. The maximum atomic E-state index is 12.3. The summed E-state index contributed by atoms with van der Waals surface area (Å²) in [7, 11) is 1.55. The van der Waals surface area contributed by atoms with Crippen LogP contribution < -0.4 is 25.8 Å². The monoisotopic (exact) mass is 464 g/mol. The van der Waals surface area contributed by atoms with Crippen molar-refractivity contribution in [3.63, 3.8) is 0 Å². The number of nitrogens with zero attached hydrogens (tertiary/aromatic N) is 1. The van der Waals surface area contributed by atoms with E-state index in [1.807, 2.05) is 24.3 Å². The number of pyridine rings is 1. The third-order valence-corrected chi connectivity index (χ3v) is 5.96. The van der Waals surface area contributed by atoms with Gasteiger partial charge in [0.1, 0.15) is 12.2 Å². The van der Waals surface area contributed by atoms with E-state index in [1.165, 1.54) is 6.20 Å². The molecule has 1 fully saturated rings. The molecule has 1 aromatic heterocycles. The summed E-state index contributed by atoms with van der Waals surface area (Å²) >= 11 is 0. The van der Waals surface area contributed by atoms with Gasteiger partial charge < -0.3 is 30.9 Å². The predicted octanol–water partition coefficient (Wildman–Crippen LogP) is 3.53. The molecule has 2 aromatic carbocycles. The second-order valence-corrected chi connectivity index (χ2v) is 9.01. The van der Waals surface area contributed by atoms with E-state index in [-0.39, 0.29) is 12.2 Å². The second-order valence-electron chi connectivity index (χ2n) is 9.01. The van der Waals surface area contributed by atoms with E-state index in [2.05, 4.69) is 22.5 Å². The number of aromatic nitrogens is 1. The SMILES string of the molecule is CCc1ccccc1Nc1c(C(N)=O)cnc2cc(OC)c(OC[C@@](C)(O)CNC3CC3)cc12. The molecule has 1 heterocycles. The Labute approximate surface area is 199 Å². The molecule has 1 aliphatic carbocycles. The minimum absolute atomic E-state index is 0.0684. The van der Waals surface area contributed by atoms with Gasteiger partial charge in [-0.3, -0.25) is 9.78 Å². The highest BCUT2D eigenvalue weighted by atomic mass is 16.5. The van der Waals surface area contributed by atoms with Gasteiger partial charge >= 0.3 is 0 Å².